The number of aryl methyl sites for hydroxylation is 4. The molecule has 192 valence electrons. The number of halogens is 2. The van der Waals surface area contributed by atoms with Crippen molar-refractivity contribution in [3.05, 3.63) is 81.8 Å². The maximum Gasteiger partial charge on any atom is -0.147 e. The molecule has 0 aliphatic carbocycles. The molecule has 0 aliphatic heterocycles. The van der Waals surface area contributed by atoms with E-state index in [2.05, 4.69) is 102 Å². The molecule has 0 aliphatic rings. The Hall–Kier alpha value is -1.52. The quantitative estimate of drug-likeness (QED) is 0.295. The first-order valence-electron chi connectivity index (χ1n) is 11.6. The third-order valence-corrected chi connectivity index (χ3v) is 7.83. The van der Waals surface area contributed by atoms with Crippen molar-refractivity contribution in [3.63, 3.8) is 0 Å². The summed E-state index contributed by atoms with van der Waals surface area (Å²) in [7, 11) is 0. The molecule has 0 N–H and O–H groups in total. The summed E-state index contributed by atoms with van der Waals surface area (Å²) in [5.74, 6) is 3.60. The Balaban J connectivity index is 0.00000306. The first-order valence-corrected chi connectivity index (χ1v) is 13.8. The van der Waals surface area contributed by atoms with Gasteiger partial charge >= 0.3 is 207 Å². The molecule has 0 spiro atoms. The largest absolute Gasteiger partial charge is 0.147 e. The molecule has 0 saturated carbocycles. The molecule has 0 radical (unpaired) electrons. The minimum atomic E-state index is -2.69. The van der Waals surface area contributed by atoms with Crippen molar-refractivity contribution in [2.24, 2.45) is 0 Å². The zero-order valence-electron chi connectivity index (χ0n) is 22.7. The molecule has 35 heavy (non-hydrogen) atoms. The van der Waals surface area contributed by atoms with Crippen LogP contribution in [0.25, 0.3) is 0 Å². The summed E-state index contributed by atoms with van der Waals surface area (Å²) in [6.45, 7) is 21.5. The standard InChI is InChI=1S/2C11H16O.C7H8O.2ClH.Ti/c2*1-8-5-6-10(12)9(7-8)11(2,3)4;1-5-4-6(2)8-7(5)3;;;/h2*5-7,12H,1-4H3;1,4H,2-3H3;2*1H;/q;;;;;+2/p-2. The van der Waals surface area contributed by atoms with E-state index in [1.165, 1.54) is 22.3 Å². The first-order chi connectivity index (χ1) is 15.2. The van der Waals surface area contributed by atoms with Crippen molar-refractivity contribution in [3.8, 4) is 11.5 Å². The minimum absolute atomic E-state index is 0. The SMILES string of the molecule is Cc1ccc([O][Ti](=[CH]c2cc(C)oc2C)[O]c2ccc(C)cc2C(C)(C)C)c(C(C)(C)C)c1.Cl.Cl. The molecule has 0 amide bonds. The Labute approximate surface area is 230 Å². The van der Waals surface area contributed by atoms with Gasteiger partial charge in [-0.05, 0) is 0 Å². The zero-order chi connectivity index (χ0) is 24.6. The monoisotopic (exact) mass is 554 g/mol. The molecule has 6 heteroatoms. The van der Waals surface area contributed by atoms with Crippen LogP contribution in [0.5, 0.6) is 11.5 Å². The van der Waals surface area contributed by atoms with Gasteiger partial charge in [-0.15, -0.1) is 24.8 Å². The second-order valence-corrected chi connectivity index (χ2v) is 13.1. The van der Waals surface area contributed by atoms with Crippen LogP contribution < -0.4 is 6.64 Å². The Morgan fingerprint density at radius 3 is 1.46 bits per heavy atom. The summed E-state index contributed by atoms with van der Waals surface area (Å²) in [4.78, 5) is 0. The molecule has 0 atom stereocenters. The number of hydrogen-bond acceptors (Lipinski definition) is 3. The van der Waals surface area contributed by atoms with E-state index in [0.717, 1.165) is 28.6 Å². The summed E-state index contributed by atoms with van der Waals surface area (Å²) >= 11 is -2.69. The third-order valence-electron chi connectivity index (χ3n) is 5.66. The van der Waals surface area contributed by atoms with Gasteiger partial charge in [-0.3, -0.25) is 0 Å². The van der Waals surface area contributed by atoms with Gasteiger partial charge in [-0.2, -0.15) is 0 Å². The van der Waals surface area contributed by atoms with Gasteiger partial charge < -0.3 is 0 Å². The fraction of sp³-hybridized carbons (Fsp3) is 0.414. The summed E-state index contributed by atoms with van der Waals surface area (Å²) < 4.78 is 21.4. The Bertz CT molecular complexity index is 1110. The van der Waals surface area contributed by atoms with Gasteiger partial charge in [0.2, 0.25) is 0 Å². The van der Waals surface area contributed by atoms with Gasteiger partial charge in [0, 0.05) is 0 Å². The van der Waals surface area contributed by atoms with Gasteiger partial charge in [-0.1, -0.05) is 0 Å². The van der Waals surface area contributed by atoms with E-state index in [9.17, 15) is 0 Å². The molecule has 1 aromatic heterocycles. The zero-order valence-corrected chi connectivity index (χ0v) is 25.9. The van der Waals surface area contributed by atoms with Crippen molar-refractivity contribution < 1.29 is 29.2 Å². The summed E-state index contributed by atoms with van der Waals surface area (Å²) in [5, 5.41) is 0. The van der Waals surface area contributed by atoms with Crippen molar-refractivity contribution in [1.82, 2.24) is 0 Å². The molecule has 3 nitrogen and oxygen atoms in total. The van der Waals surface area contributed by atoms with Crippen LogP contribution in [0.4, 0.5) is 0 Å². The van der Waals surface area contributed by atoms with Crippen molar-refractivity contribution >= 4 is 29.1 Å². The van der Waals surface area contributed by atoms with E-state index >= 15 is 0 Å². The second kappa shape index (κ2) is 12.1. The second-order valence-electron chi connectivity index (χ2n) is 11.0. The molecule has 2 aromatic carbocycles. The molecule has 0 saturated heterocycles. The Morgan fingerprint density at radius 2 is 1.11 bits per heavy atom. The smallest absolute Gasteiger partial charge is 0.147 e. The number of benzene rings is 2. The van der Waals surface area contributed by atoms with Crippen LogP contribution in [0.1, 0.15) is 80.9 Å². The van der Waals surface area contributed by atoms with Crippen LogP contribution in [0.3, 0.4) is 0 Å². The van der Waals surface area contributed by atoms with Crippen LogP contribution in [0.2, 0.25) is 0 Å². The van der Waals surface area contributed by atoms with Crippen molar-refractivity contribution in [1.29, 1.82) is 0 Å². The molecule has 0 fully saturated rings. The predicted octanol–water partition coefficient (Wildman–Crippen LogP) is 8.71. The average Bonchev–Trinajstić information content (AvgIpc) is 2.99. The third kappa shape index (κ3) is 8.25. The molecule has 0 bridgehead atoms. The van der Waals surface area contributed by atoms with E-state index in [0.29, 0.717) is 0 Å². The number of furan rings is 1. The Kier molecular flexibility index (Phi) is 10.9. The van der Waals surface area contributed by atoms with E-state index in [4.69, 9.17) is 11.1 Å². The van der Waals surface area contributed by atoms with Gasteiger partial charge in [0.15, 0.2) is 0 Å². The number of hydrogen-bond donors (Lipinski definition) is 0. The normalized spacial score (nSPS) is 11.3. The van der Waals surface area contributed by atoms with Gasteiger partial charge in [0.05, 0.1) is 0 Å². The molecular weight excluding hydrogens is 515 g/mol. The summed E-state index contributed by atoms with van der Waals surface area (Å²) in [5.41, 5.74) is 5.84. The van der Waals surface area contributed by atoms with E-state index in [-0.39, 0.29) is 35.6 Å². The molecule has 3 aromatic rings. The van der Waals surface area contributed by atoms with Crippen molar-refractivity contribution in [2.75, 3.05) is 0 Å². The molecule has 0 unspecified atom stereocenters. The molecular formula is C29H40Cl2O3Ti. The van der Waals surface area contributed by atoms with E-state index in [1.54, 1.807) is 0 Å². The van der Waals surface area contributed by atoms with Gasteiger partial charge in [-0.25, -0.2) is 0 Å². The molecule has 1 heterocycles. The van der Waals surface area contributed by atoms with Crippen molar-refractivity contribution in [2.45, 2.75) is 80.1 Å². The first kappa shape index (κ1) is 31.5. The van der Waals surface area contributed by atoms with Crippen LogP contribution in [-0.4, -0.2) is 4.31 Å². The fourth-order valence-electron chi connectivity index (χ4n) is 3.86. The summed E-state index contributed by atoms with van der Waals surface area (Å²) in [6, 6.07) is 14.9. The minimum Gasteiger partial charge on any atom is -0.147 e. The van der Waals surface area contributed by atoms with Gasteiger partial charge in [0.25, 0.3) is 0 Å². The van der Waals surface area contributed by atoms with Crippen LogP contribution in [0, 0.1) is 27.7 Å². The maximum atomic E-state index is 6.74. The van der Waals surface area contributed by atoms with Gasteiger partial charge in [0.1, 0.15) is 0 Å². The Morgan fingerprint density at radius 1 is 0.686 bits per heavy atom. The molecule has 3 rings (SSSR count). The summed E-state index contributed by atoms with van der Waals surface area (Å²) in [6.07, 6.45) is 0. The van der Waals surface area contributed by atoms with Crippen LogP contribution in [-0.2, 0) is 29.0 Å². The van der Waals surface area contributed by atoms with E-state index < -0.39 is 18.2 Å². The van der Waals surface area contributed by atoms with E-state index in [1.807, 2.05) is 13.8 Å². The maximum absolute atomic E-state index is 6.74. The topological polar surface area (TPSA) is 31.6 Å². The average molecular weight is 555 g/mol. The predicted molar refractivity (Wildman–Crippen MR) is 149 cm³/mol. The van der Waals surface area contributed by atoms with Crippen LogP contribution in [0.15, 0.2) is 46.9 Å². The number of rotatable bonds is 5. The fourth-order valence-corrected chi connectivity index (χ4v) is 6.18. The van der Waals surface area contributed by atoms with Crippen LogP contribution >= 0.6 is 24.8 Å².